The molecule has 1 saturated carbocycles. The van der Waals surface area contributed by atoms with Crippen LogP contribution in [-0.2, 0) is 0 Å². The number of hydrogen-bond acceptors (Lipinski definition) is 1. The Hall–Kier alpha value is -0.820. The lowest BCUT2D eigenvalue weighted by Crippen LogP contribution is -2.21. The van der Waals surface area contributed by atoms with Crippen LogP contribution in [0.5, 0.6) is 0 Å². The van der Waals surface area contributed by atoms with Crippen molar-refractivity contribution in [2.24, 2.45) is 0 Å². The van der Waals surface area contributed by atoms with Crippen molar-refractivity contribution in [3.63, 3.8) is 0 Å². The van der Waals surface area contributed by atoms with Crippen LogP contribution in [0.1, 0.15) is 62.8 Å². The van der Waals surface area contributed by atoms with Gasteiger partial charge >= 0.3 is 0 Å². The topological polar surface area (TPSA) is 12.0 Å². The quantitative estimate of drug-likeness (QED) is 0.768. The number of hydrogen-bond donors (Lipinski definition) is 1. The fraction of sp³-hybridized carbons (Fsp3) is 0.647. The van der Waals surface area contributed by atoms with Gasteiger partial charge < -0.3 is 5.32 Å². The summed E-state index contributed by atoms with van der Waals surface area (Å²) in [4.78, 5) is 0. The molecular weight excluding hydrogens is 218 g/mol. The maximum Gasteiger partial charge on any atom is -0.00489 e. The van der Waals surface area contributed by atoms with Crippen molar-refractivity contribution in [1.82, 2.24) is 5.32 Å². The normalized spacial score (nSPS) is 20.9. The van der Waals surface area contributed by atoms with Crippen LogP contribution in [-0.4, -0.2) is 13.1 Å². The van der Waals surface area contributed by atoms with Crippen LogP contribution in [0, 0.1) is 0 Å². The largest absolute Gasteiger partial charge is 0.317 e. The van der Waals surface area contributed by atoms with E-state index in [9.17, 15) is 0 Å². The Kier molecular flexibility index (Phi) is 6.28. The standard InChI is InChI=1S/C12H16.C5H11N/c1-3-7-11(8-4-1)12-9-5-2-6-10-12;1-2-4-6-5-3-1/h1,3-4,7-8,12H,2,5-6,9-10H2;6H,1-5H2. The average Bonchev–Trinajstić information content (AvgIpc) is 2.51. The second-order valence-corrected chi connectivity index (χ2v) is 5.56. The molecule has 1 aliphatic heterocycles. The van der Waals surface area contributed by atoms with Gasteiger partial charge in [0.15, 0.2) is 0 Å². The summed E-state index contributed by atoms with van der Waals surface area (Å²) in [7, 11) is 0. The highest BCUT2D eigenvalue weighted by Crippen LogP contribution is 2.32. The first-order valence-electron chi connectivity index (χ1n) is 7.72. The van der Waals surface area contributed by atoms with Gasteiger partial charge in [0, 0.05) is 0 Å². The summed E-state index contributed by atoms with van der Waals surface area (Å²) >= 11 is 0. The molecule has 3 rings (SSSR count). The lowest BCUT2D eigenvalue weighted by Gasteiger charge is -2.21. The minimum absolute atomic E-state index is 0.861. The van der Waals surface area contributed by atoms with E-state index < -0.39 is 0 Å². The van der Waals surface area contributed by atoms with Gasteiger partial charge in [0.05, 0.1) is 0 Å². The van der Waals surface area contributed by atoms with Crippen molar-refractivity contribution in [2.75, 3.05) is 13.1 Å². The molecule has 1 aliphatic carbocycles. The molecule has 0 bridgehead atoms. The number of nitrogens with one attached hydrogen (secondary N) is 1. The Labute approximate surface area is 112 Å². The SMILES string of the molecule is C1CCNCC1.c1ccc(C2CCCCC2)cc1. The maximum absolute atomic E-state index is 3.28. The lowest BCUT2D eigenvalue weighted by atomic mass is 9.84. The summed E-state index contributed by atoms with van der Waals surface area (Å²) in [5, 5.41) is 3.28. The predicted molar refractivity (Wildman–Crippen MR) is 79.0 cm³/mol. The van der Waals surface area contributed by atoms with Crippen molar-refractivity contribution in [3.05, 3.63) is 35.9 Å². The Morgan fingerprint density at radius 3 is 1.83 bits per heavy atom. The number of benzene rings is 1. The Morgan fingerprint density at radius 1 is 0.722 bits per heavy atom. The molecule has 1 N–H and O–H groups in total. The van der Waals surface area contributed by atoms with E-state index in [2.05, 4.69) is 35.6 Å². The van der Waals surface area contributed by atoms with Crippen LogP contribution in [0.3, 0.4) is 0 Å². The third-order valence-electron chi connectivity index (χ3n) is 4.08. The van der Waals surface area contributed by atoms with Gasteiger partial charge in [0.1, 0.15) is 0 Å². The summed E-state index contributed by atoms with van der Waals surface area (Å²) in [5.74, 6) is 0.861. The summed E-state index contributed by atoms with van der Waals surface area (Å²) in [5.41, 5.74) is 1.55. The minimum atomic E-state index is 0.861. The average molecular weight is 245 g/mol. The molecule has 0 aromatic heterocycles. The van der Waals surface area contributed by atoms with Crippen molar-refractivity contribution in [1.29, 1.82) is 0 Å². The zero-order valence-electron chi connectivity index (χ0n) is 11.5. The van der Waals surface area contributed by atoms with E-state index in [-0.39, 0.29) is 0 Å². The van der Waals surface area contributed by atoms with E-state index in [1.165, 1.54) is 64.5 Å². The van der Waals surface area contributed by atoms with Crippen LogP contribution in [0.2, 0.25) is 0 Å². The van der Waals surface area contributed by atoms with Gasteiger partial charge in [-0.2, -0.15) is 0 Å². The predicted octanol–water partition coefficient (Wildman–Crippen LogP) is 4.49. The van der Waals surface area contributed by atoms with Gasteiger partial charge in [-0.1, -0.05) is 56.0 Å². The molecule has 0 spiro atoms. The Balaban J connectivity index is 0.000000169. The van der Waals surface area contributed by atoms with Crippen LogP contribution >= 0.6 is 0 Å². The van der Waals surface area contributed by atoms with E-state index in [0.29, 0.717) is 0 Å². The van der Waals surface area contributed by atoms with Gasteiger partial charge in [0.25, 0.3) is 0 Å². The molecule has 1 heterocycles. The zero-order chi connectivity index (χ0) is 12.5. The molecule has 1 aromatic carbocycles. The van der Waals surface area contributed by atoms with E-state index in [4.69, 9.17) is 0 Å². The molecule has 1 nitrogen and oxygen atoms in total. The molecule has 0 radical (unpaired) electrons. The van der Waals surface area contributed by atoms with E-state index in [1.54, 1.807) is 5.56 Å². The summed E-state index contributed by atoms with van der Waals surface area (Å²) in [6.07, 6.45) is 11.3. The van der Waals surface area contributed by atoms with Crippen LogP contribution in [0.15, 0.2) is 30.3 Å². The van der Waals surface area contributed by atoms with Gasteiger partial charge in [-0.3, -0.25) is 0 Å². The fourth-order valence-corrected chi connectivity index (χ4v) is 2.96. The summed E-state index contributed by atoms with van der Waals surface area (Å²) in [6.45, 7) is 2.50. The molecule has 0 unspecified atom stereocenters. The highest BCUT2D eigenvalue weighted by Gasteiger charge is 2.14. The van der Waals surface area contributed by atoms with Crippen molar-refractivity contribution in [2.45, 2.75) is 57.3 Å². The van der Waals surface area contributed by atoms with Crippen molar-refractivity contribution >= 4 is 0 Å². The molecular formula is C17H27N. The molecule has 18 heavy (non-hydrogen) atoms. The molecule has 1 heteroatoms. The van der Waals surface area contributed by atoms with Gasteiger partial charge in [-0.25, -0.2) is 0 Å². The first-order chi connectivity index (χ1) is 8.97. The third-order valence-corrected chi connectivity index (χ3v) is 4.08. The van der Waals surface area contributed by atoms with Crippen LogP contribution in [0.25, 0.3) is 0 Å². The van der Waals surface area contributed by atoms with Crippen LogP contribution < -0.4 is 5.32 Å². The van der Waals surface area contributed by atoms with Gasteiger partial charge in [0.2, 0.25) is 0 Å². The van der Waals surface area contributed by atoms with Gasteiger partial charge in [-0.05, 0) is 50.3 Å². The monoisotopic (exact) mass is 245 g/mol. The highest BCUT2D eigenvalue weighted by atomic mass is 14.9. The summed E-state index contributed by atoms with van der Waals surface area (Å²) < 4.78 is 0. The highest BCUT2D eigenvalue weighted by molar-refractivity contribution is 5.19. The molecule has 100 valence electrons. The van der Waals surface area contributed by atoms with Crippen molar-refractivity contribution < 1.29 is 0 Å². The lowest BCUT2D eigenvalue weighted by molar-refractivity contribution is 0.443. The Morgan fingerprint density at radius 2 is 1.33 bits per heavy atom. The molecule has 0 amide bonds. The van der Waals surface area contributed by atoms with E-state index >= 15 is 0 Å². The third kappa shape index (κ3) is 4.81. The van der Waals surface area contributed by atoms with E-state index in [0.717, 1.165) is 5.92 Å². The molecule has 2 fully saturated rings. The second kappa shape index (κ2) is 8.31. The first-order valence-corrected chi connectivity index (χ1v) is 7.72. The smallest absolute Gasteiger partial charge is 0.00489 e. The number of piperidine rings is 1. The molecule has 1 saturated heterocycles. The van der Waals surface area contributed by atoms with Gasteiger partial charge in [-0.15, -0.1) is 0 Å². The molecule has 1 aromatic rings. The second-order valence-electron chi connectivity index (χ2n) is 5.56. The first kappa shape index (κ1) is 13.6. The molecule has 2 aliphatic rings. The summed E-state index contributed by atoms with van der Waals surface area (Å²) in [6, 6.07) is 11.0. The fourth-order valence-electron chi connectivity index (χ4n) is 2.96. The minimum Gasteiger partial charge on any atom is -0.317 e. The molecule has 0 atom stereocenters. The Bertz CT molecular complexity index is 285. The van der Waals surface area contributed by atoms with Crippen LogP contribution in [0.4, 0.5) is 0 Å². The maximum atomic E-state index is 3.28. The van der Waals surface area contributed by atoms with Crippen molar-refractivity contribution in [3.8, 4) is 0 Å². The van der Waals surface area contributed by atoms with E-state index in [1.807, 2.05) is 0 Å². The zero-order valence-corrected chi connectivity index (χ0v) is 11.5. The number of rotatable bonds is 1.